The number of piperidine rings is 1. The largest absolute Gasteiger partial charge is 0.384 e. The molecular formula is C15H22ClN3O2. The zero-order valence-corrected chi connectivity index (χ0v) is 13.3. The minimum atomic E-state index is -0.0874. The van der Waals surface area contributed by atoms with Gasteiger partial charge in [-0.1, -0.05) is 11.6 Å². The normalized spacial score (nSPS) is 16.0. The molecule has 1 fully saturated rings. The predicted octanol–water partition coefficient (Wildman–Crippen LogP) is 2.67. The number of likely N-dealkylation sites (tertiary alicyclic amines) is 1. The Labute approximate surface area is 130 Å². The van der Waals surface area contributed by atoms with Gasteiger partial charge in [0.2, 0.25) is 0 Å². The summed E-state index contributed by atoms with van der Waals surface area (Å²) in [7, 11) is 1.72. The molecule has 0 aliphatic carbocycles. The Bertz CT molecular complexity index is 488. The molecule has 0 radical (unpaired) electrons. The first-order valence-electron chi connectivity index (χ1n) is 7.34. The lowest BCUT2D eigenvalue weighted by atomic mass is 9.97. The van der Waals surface area contributed by atoms with Crippen molar-refractivity contribution in [2.24, 2.45) is 5.92 Å². The number of hydrogen-bond acceptors (Lipinski definition) is 4. The molecular weight excluding hydrogens is 290 g/mol. The van der Waals surface area contributed by atoms with E-state index in [9.17, 15) is 4.79 Å². The van der Waals surface area contributed by atoms with Crippen molar-refractivity contribution in [3.05, 3.63) is 22.8 Å². The summed E-state index contributed by atoms with van der Waals surface area (Å²) in [5, 5.41) is 3.50. The number of nitrogens with one attached hydrogen (secondary N) is 1. The summed E-state index contributed by atoms with van der Waals surface area (Å²) in [6.45, 7) is 4.96. The van der Waals surface area contributed by atoms with Crippen LogP contribution in [0.3, 0.4) is 0 Å². The third-order valence-electron chi connectivity index (χ3n) is 3.71. The molecule has 0 unspecified atom stereocenters. The van der Waals surface area contributed by atoms with Gasteiger partial charge in [0.1, 0.15) is 11.5 Å². The molecule has 5 nitrogen and oxygen atoms in total. The van der Waals surface area contributed by atoms with Gasteiger partial charge in [0.15, 0.2) is 0 Å². The van der Waals surface area contributed by atoms with Crippen LogP contribution in [0.15, 0.2) is 12.1 Å². The third-order valence-corrected chi connectivity index (χ3v) is 4.02. The van der Waals surface area contributed by atoms with E-state index in [0.717, 1.165) is 39.1 Å². The van der Waals surface area contributed by atoms with Crippen molar-refractivity contribution in [3.63, 3.8) is 0 Å². The van der Waals surface area contributed by atoms with E-state index in [2.05, 4.69) is 10.3 Å². The number of halogens is 1. The van der Waals surface area contributed by atoms with Gasteiger partial charge in [-0.2, -0.15) is 0 Å². The van der Waals surface area contributed by atoms with E-state index in [1.807, 2.05) is 11.8 Å². The number of amides is 1. The summed E-state index contributed by atoms with van der Waals surface area (Å²) >= 11 is 6.13. The molecule has 1 amide bonds. The first-order chi connectivity index (χ1) is 10.2. The number of rotatable bonds is 5. The minimum absolute atomic E-state index is 0.0874. The van der Waals surface area contributed by atoms with Crippen LogP contribution < -0.4 is 5.32 Å². The molecule has 1 aliphatic rings. The lowest BCUT2D eigenvalue weighted by Crippen LogP contribution is -2.39. The van der Waals surface area contributed by atoms with Crippen LogP contribution in [0.1, 0.15) is 30.3 Å². The van der Waals surface area contributed by atoms with Crippen molar-refractivity contribution < 1.29 is 9.53 Å². The Balaban J connectivity index is 2.05. The second kappa shape index (κ2) is 7.61. The Morgan fingerprint density at radius 2 is 2.19 bits per heavy atom. The lowest BCUT2D eigenvalue weighted by molar-refractivity contribution is 0.0608. The van der Waals surface area contributed by atoms with E-state index in [-0.39, 0.29) is 5.91 Å². The molecule has 0 saturated carbocycles. The van der Waals surface area contributed by atoms with Crippen molar-refractivity contribution in [2.45, 2.75) is 19.8 Å². The first kappa shape index (κ1) is 16.0. The van der Waals surface area contributed by atoms with Crippen molar-refractivity contribution >= 4 is 23.3 Å². The SMILES string of the molecule is CCNc1ccc(Cl)c(C(=O)N2CCC(COC)CC2)n1. The molecule has 1 saturated heterocycles. The van der Waals surface area contributed by atoms with E-state index in [1.165, 1.54) is 0 Å². The lowest BCUT2D eigenvalue weighted by Gasteiger charge is -2.31. The number of carbonyl (C=O) groups is 1. The second-order valence-electron chi connectivity index (χ2n) is 5.25. The number of pyridine rings is 1. The average Bonchev–Trinajstić information content (AvgIpc) is 2.50. The molecule has 1 aliphatic heterocycles. The summed E-state index contributed by atoms with van der Waals surface area (Å²) in [4.78, 5) is 18.7. The molecule has 2 rings (SSSR count). The fraction of sp³-hybridized carbons (Fsp3) is 0.600. The number of methoxy groups -OCH3 is 1. The maximum absolute atomic E-state index is 12.6. The number of nitrogens with zero attached hydrogens (tertiary/aromatic N) is 2. The smallest absolute Gasteiger partial charge is 0.274 e. The standard InChI is InChI=1S/C15H22ClN3O2/c1-3-17-13-5-4-12(16)14(18-13)15(20)19-8-6-11(7-9-19)10-21-2/h4-5,11H,3,6-10H2,1-2H3,(H,17,18). The van der Waals surface area contributed by atoms with Gasteiger partial charge in [-0.3, -0.25) is 4.79 Å². The van der Waals surface area contributed by atoms with Gasteiger partial charge in [-0.25, -0.2) is 4.98 Å². The van der Waals surface area contributed by atoms with Crippen molar-refractivity contribution in [1.29, 1.82) is 0 Å². The number of ether oxygens (including phenoxy) is 1. The zero-order chi connectivity index (χ0) is 15.2. The number of carbonyl (C=O) groups excluding carboxylic acids is 1. The van der Waals surface area contributed by atoms with Gasteiger partial charge < -0.3 is 15.0 Å². The minimum Gasteiger partial charge on any atom is -0.384 e. The molecule has 0 aromatic carbocycles. The fourth-order valence-corrected chi connectivity index (χ4v) is 2.75. The monoisotopic (exact) mass is 311 g/mol. The molecule has 116 valence electrons. The maximum Gasteiger partial charge on any atom is 0.274 e. The first-order valence-corrected chi connectivity index (χ1v) is 7.72. The van der Waals surface area contributed by atoms with E-state index in [0.29, 0.717) is 22.5 Å². The molecule has 21 heavy (non-hydrogen) atoms. The molecule has 6 heteroatoms. The van der Waals surface area contributed by atoms with Crippen LogP contribution in [-0.2, 0) is 4.74 Å². The highest BCUT2D eigenvalue weighted by molar-refractivity contribution is 6.33. The summed E-state index contributed by atoms with van der Waals surface area (Å²) < 4.78 is 5.18. The molecule has 1 N–H and O–H groups in total. The van der Waals surface area contributed by atoms with E-state index in [4.69, 9.17) is 16.3 Å². The maximum atomic E-state index is 12.6. The predicted molar refractivity (Wildman–Crippen MR) is 83.9 cm³/mol. The van der Waals surface area contributed by atoms with Crippen LogP contribution in [0.5, 0.6) is 0 Å². The zero-order valence-electron chi connectivity index (χ0n) is 12.6. The summed E-state index contributed by atoms with van der Waals surface area (Å²) in [5.41, 5.74) is 0.334. The van der Waals surface area contributed by atoms with Crippen LogP contribution in [-0.4, -0.2) is 49.1 Å². The van der Waals surface area contributed by atoms with Gasteiger partial charge >= 0.3 is 0 Å². The van der Waals surface area contributed by atoms with Gasteiger partial charge in [0.05, 0.1) is 5.02 Å². The number of hydrogen-bond donors (Lipinski definition) is 1. The van der Waals surface area contributed by atoms with Gasteiger partial charge in [0, 0.05) is 33.4 Å². The number of anilines is 1. The molecule has 2 heterocycles. The topological polar surface area (TPSA) is 54.5 Å². The number of aromatic nitrogens is 1. The highest BCUT2D eigenvalue weighted by Gasteiger charge is 2.25. The Hall–Kier alpha value is -1.33. The van der Waals surface area contributed by atoms with Crippen molar-refractivity contribution in [3.8, 4) is 0 Å². The third kappa shape index (κ3) is 4.08. The van der Waals surface area contributed by atoms with Gasteiger partial charge in [0.25, 0.3) is 5.91 Å². The van der Waals surface area contributed by atoms with Crippen LogP contribution in [0.2, 0.25) is 5.02 Å². The average molecular weight is 312 g/mol. The van der Waals surface area contributed by atoms with Gasteiger partial charge in [-0.15, -0.1) is 0 Å². The fourth-order valence-electron chi connectivity index (χ4n) is 2.56. The highest BCUT2D eigenvalue weighted by atomic mass is 35.5. The Morgan fingerprint density at radius 1 is 1.48 bits per heavy atom. The quantitative estimate of drug-likeness (QED) is 0.908. The second-order valence-corrected chi connectivity index (χ2v) is 5.66. The molecule has 0 bridgehead atoms. The highest BCUT2D eigenvalue weighted by Crippen LogP contribution is 2.22. The summed E-state index contributed by atoms with van der Waals surface area (Å²) in [6.07, 6.45) is 1.92. The van der Waals surface area contributed by atoms with Crippen LogP contribution in [0, 0.1) is 5.92 Å². The van der Waals surface area contributed by atoms with Gasteiger partial charge in [-0.05, 0) is 37.8 Å². The van der Waals surface area contributed by atoms with Crippen LogP contribution >= 0.6 is 11.6 Å². The molecule has 1 aromatic rings. The molecule has 1 aromatic heterocycles. The Morgan fingerprint density at radius 3 is 2.81 bits per heavy atom. The van der Waals surface area contributed by atoms with Crippen molar-refractivity contribution in [2.75, 3.05) is 38.7 Å². The van der Waals surface area contributed by atoms with E-state index in [1.54, 1.807) is 19.2 Å². The Kier molecular flexibility index (Phi) is 5.82. The van der Waals surface area contributed by atoms with Crippen LogP contribution in [0.4, 0.5) is 5.82 Å². The van der Waals surface area contributed by atoms with E-state index >= 15 is 0 Å². The summed E-state index contributed by atoms with van der Waals surface area (Å²) in [5.74, 6) is 1.13. The molecule has 0 spiro atoms. The van der Waals surface area contributed by atoms with E-state index < -0.39 is 0 Å². The van der Waals surface area contributed by atoms with Crippen molar-refractivity contribution in [1.82, 2.24) is 9.88 Å². The molecule has 0 atom stereocenters. The summed E-state index contributed by atoms with van der Waals surface area (Å²) in [6, 6.07) is 3.50. The van der Waals surface area contributed by atoms with Crippen LogP contribution in [0.25, 0.3) is 0 Å².